The minimum Gasteiger partial charge on any atom is -0.366 e. The van der Waals surface area contributed by atoms with Crippen molar-refractivity contribution in [2.45, 2.75) is 11.0 Å². The van der Waals surface area contributed by atoms with Crippen LogP contribution in [0.4, 0.5) is 0 Å². The Morgan fingerprint density at radius 2 is 2.16 bits per heavy atom. The molecule has 1 saturated heterocycles. The first-order chi connectivity index (χ1) is 9.36. The molecule has 2 heterocycles. The average molecular weight is 277 g/mol. The van der Waals surface area contributed by atoms with Gasteiger partial charge in [0.25, 0.3) is 5.89 Å². The topological polar surface area (TPSA) is 60.2 Å². The Bertz CT molecular complexity index is 535. The van der Waals surface area contributed by atoms with Gasteiger partial charge in [0.05, 0.1) is 6.61 Å². The van der Waals surface area contributed by atoms with Gasteiger partial charge in [-0.3, -0.25) is 0 Å². The van der Waals surface area contributed by atoms with E-state index >= 15 is 0 Å². The van der Waals surface area contributed by atoms with E-state index in [4.69, 9.17) is 9.26 Å². The van der Waals surface area contributed by atoms with Crippen molar-refractivity contribution in [3.05, 3.63) is 30.2 Å². The van der Waals surface area contributed by atoms with Gasteiger partial charge < -0.3 is 14.6 Å². The van der Waals surface area contributed by atoms with E-state index in [9.17, 15) is 0 Å². The van der Waals surface area contributed by atoms with E-state index in [0.29, 0.717) is 24.9 Å². The molecule has 0 amide bonds. The maximum absolute atomic E-state index is 5.59. The summed E-state index contributed by atoms with van der Waals surface area (Å²) in [6, 6.07) is 8.10. The number of aromatic nitrogens is 2. The van der Waals surface area contributed by atoms with Crippen molar-refractivity contribution in [3.63, 3.8) is 0 Å². The third kappa shape index (κ3) is 2.80. The molecule has 0 aliphatic carbocycles. The SMILES string of the molecule is CSc1ccc(-c2noc(C3CNCCO3)n2)cc1. The van der Waals surface area contributed by atoms with Gasteiger partial charge in [0, 0.05) is 23.5 Å². The van der Waals surface area contributed by atoms with Crippen molar-refractivity contribution in [1.29, 1.82) is 0 Å². The lowest BCUT2D eigenvalue weighted by molar-refractivity contribution is 0.00755. The monoisotopic (exact) mass is 277 g/mol. The van der Waals surface area contributed by atoms with Gasteiger partial charge in [-0.15, -0.1) is 11.8 Å². The van der Waals surface area contributed by atoms with E-state index < -0.39 is 0 Å². The third-order valence-corrected chi connectivity index (χ3v) is 3.74. The van der Waals surface area contributed by atoms with Gasteiger partial charge in [0.15, 0.2) is 0 Å². The van der Waals surface area contributed by atoms with Crippen LogP contribution in [0.5, 0.6) is 0 Å². The summed E-state index contributed by atoms with van der Waals surface area (Å²) in [6.07, 6.45) is 1.91. The molecule has 3 rings (SSSR count). The number of thioether (sulfide) groups is 1. The van der Waals surface area contributed by atoms with Gasteiger partial charge in [0.1, 0.15) is 6.10 Å². The average Bonchev–Trinajstić information content (AvgIpc) is 2.98. The molecule has 2 aromatic rings. The van der Waals surface area contributed by atoms with E-state index in [-0.39, 0.29) is 6.10 Å². The van der Waals surface area contributed by atoms with Crippen LogP contribution in [0.25, 0.3) is 11.4 Å². The number of morpholine rings is 1. The molecule has 5 nitrogen and oxygen atoms in total. The fourth-order valence-electron chi connectivity index (χ4n) is 1.95. The van der Waals surface area contributed by atoms with Crippen molar-refractivity contribution in [1.82, 2.24) is 15.5 Å². The summed E-state index contributed by atoms with van der Waals surface area (Å²) in [5.41, 5.74) is 0.955. The summed E-state index contributed by atoms with van der Waals surface area (Å²) in [5, 5.41) is 7.26. The Balaban J connectivity index is 1.79. The lowest BCUT2D eigenvalue weighted by Crippen LogP contribution is -2.33. The highest BCUT2D eigenvalue weighted by Gasteiger charge is 2.22. The molecule has 1 aromatic heterocycles. The number of hydrogen-bond acceptors (Lipinski definition) is 6. The van der Waals surface area contributed by atoms with Gasteiger partial charge in [-0.2, -0.15) is 4.98 Å². The number of rotatable bonds is 3. The van der Waals surface area contributed by atoms with Gasteiger partial charge in [-0.1, -0.05) is 5.16 Å². The molecule has 1 N–H and O–H groups in total. The van der Waals surface area contributed by atoms with Crippen LogP contribution in [0.3, 0.4) is 0 Å². The lowest BCUT2D eigenvalue weighted by Gasteiger charge is -2.19. The molecular formula is C13H15N3O2S. The molecular weight excluding hydrogens is 262 g/mol. The van der Waals surface area contributed by atoms with Crippen molar-refractivity contribution >= 4 is 11.8 Å². The second-order valence-corrected chi connectivity index (χ2v) is 5.13. The predicted octanol–water partition coefficient (Wildman–Crippen LogP) is 2.12. The summed E-state index contributed by atoms with van der Waals surface area (Å²) >= 11 is 1.71. The second-order valence-electron chi connectivity index (χ2n) is 4.25. The summed E-state index contributed by atoms with van der Waals surface area (Å²) in [7, 11) is 0. The number of ether oxygens (including phenoxy) is 1. The zero-order valence-electron chi connectivity index (χ0n) is 10.6. The van der Waals surface area contributed by atoms with Gasteiger partial charge in [-0.25, -0.2) is 0 Å². The summed E-state index contributed by atoms with van der Waals surface area (Å²) < 4.78 is 10.9. The number of nitrogens with zero attached hydrogens (tertiary/aromatic N) is 2. The molecule has 1 aliphatic rings. The molecule has 1 fully saturated rings. The number of hydrogen-bond donors (Lipinski definition) is 1. The van der Waals surface area contributed by atoms with Crippen molar-refractivity contribution in [2.24, 2.45) is 0 Å². The van der Waals surface area contributed by atoms with E-state index in [1.807, 2.05) is 12.1 Å². The molecule has 1 aromatic carbocycles. The van der Waals surface area contributed by atoms with E-state index in [1.165, 1.54) is 4.90 Å². The standard InChI is InChI=1S/C13H15N3O2S/c1-19-10-4-2-9(3-5-10)12-15-13(18-16-12)11-8-14-6-7-17-11/h2-5,11,14H,6-8H2,1H3. The first-order valence-electron chi connectivity index (χ1n) is 6.17. The molecule has 1 atom stereocenters. The van der Waals surface area contributed by atoms with Crippen LogP contribution in [0.15, 0.2) is 33.7 Å². The zero-order chi connectivity index (χ0) is 13.1. The fraction of sp³-hybridized carbons (Fsp3) is 0.385. The molecule has 19 heavy (non-hydrogen) atoms. The Kier molecular flexibility index (Phi) is 3.82. The highest BCUT2D eigenvalue weighted by Crippen LogP contribution is 2.23. The maximum atomic E-state index is 5.59. The highest BCUT2D eigenvalue weighted by atomic mass is 32.2. The maximum Gasteiger partial charge on any atom is 0.257 e. The normalized spacial score (nSPS) is 19.5. The molecule has 0 radical (unpaired) electrons. The molecule has 1 unspecified atom stereocenters. The number of benzene rings is 1. The zero-order valence-corrected chi connectivity index (χ0v) is 11.4. The van der Waals surface area contributed by atoms with E-state index in [1.54, 1.807) is 11.8 Å². The minimum atomic E-state index is -0.138. The molecule has 100 valence electrons. The molecule has 1 aliphatic heterocycles. The molecule has 0 spiro atoms. The molecule has 0 bridgehead atoms. The predicted molar refractivity (Wildman–Crippen MR) is 73.1 cm³/mol. The Morgan fingerprint density at radius 1 is 1.32 bits per heavy atom. The summed E-state index contributed by atoms with van der Waals surface area (Å²) in [5.74, 6) is 1.15. The van der Waals surface area contributed by atoms with E-state index in [0.717, 1.165) is 12.1 Å². The molecule has 0 saturated carbocycles. The van der Waals surface area contributed by atoms with Crippen LogP contribution in [0.2, 0.25) is 0 Å². The quantitative estimate of drug-likeness (QED) is 0.867. The molecule has 6 heteroatoms. The highest BCUT2D eigenvalue weighted by molar-refractivity contribution is 7.98. The van der Waals surface area contributed by atoms with E-state index in [2.05, 4.69) is 33.8 Å². The van der Waals surface area contributed by atoms with Crippen molar-refractivity contribution in [2.75, 3.05) is 26.0 Å². The summed E-state index contributed by atoms with van der Waals surface area (Å²) in [6.45, 7) is 2.26. The van der Waals surface area contributed by atoms with Crippen LogP contribution < -0.4 is 5.32 Å². The Morgan fingerprint density at radius 3 is 2.84 bits per heavy atom. The Labute approximate surface area is 115 Å². The first-order valence-corrected chi connectivity index (χ1v) is 7.39. The lowest BCUT2D eigenvalue weighted by atomic mass is 10.2. The fourth-order valence-corrected chi connectivity index (χ4v) is 2.36. The number of nitrogens with one attached hydrogen (secondary N) is 1. The van der Waals surface area contributed by atoms with Gasteiger partial charge in [-0.05, 0) is 30.5 Å². The van der Waals surface area contributed by atoms with Crippen molar-refractivity contribution in [3.8, 4) is 11.4 Å². The van der Waals surface area contributed by atoms with Gasteiger partial charge in [0.2, 0.25) is 5.82 Å². The third-order valence-electron chi connectivity index (χ3n) is 2.99. The van der Waals surface area contributed by atoms with Crippen LogP contribution in [-0.2, 0) is 4.74 Å². The van der Waals surface area contributed by atoms with Crippen LogP contribution in [-0.4, -0.2) is 36.1 Å². The largest absolute Gasteiger partial charge is 0.366 e. The van der Waals surface area contributed by atoms with Crippen LogP contribution in [0, 0.1) is 0 Å². The van der Waals surface area contributed by atoms with Crippen LogP contribution in [0.1, 0.15) is 12.0 Å². The second kappa shape index (κ2) is 5.73. The van der Waals surface area contributed by atoms with Gasteiger partial charge >= 0.3 is 0 Å². The Hall–Kier alpha value is -1.37. The summed E-state index contributed by atoms with van der Waals surface area (Å²) in [4.78, 5) is 5.63. The smallest absolute Gasteiger partial charge is 0.257 e. The van der Waals surface area contributed by atoms with Crippen LogP contribution >= 0.6 is 11.8 Å². The first kappa shape index (κ1) is 12.7. The minimum absolute atomic E-state index is 0.138. The van der Waals surface area contributed by atoms with Crippen molar-refractivity contribution < 1.29 is 9.26 Å².